The summed E-state index contributed by atoms with van der Waals surface area (Å²) in [7, 11) is 0. The van der Waals surface area contributed by atoms with Crippen molar-refractivity contribution in [1.82, 2.24) is 0 Å². The second-order valence-electron chi connectivity index (χ2n) is 17.3. The summed E-state index contributed by atoms with van der Waals surface area (Å²) in [5.74, 6) is -0.789. The molecular weight excluding hydrogens is 737 g/mol. The molecule has 1 fully saturated rings. The van der Waals surface area contributed by atoms with Crippen molar-refractivity contribution in [3.05, 3.63) is 0 Å². The fraction of sp³-hybridized carbons (Fsp3) is 0.958. The van der Waals surface area contributed by atoms with E-state index in [4.69, 9.17) is 18.9 Å². The summed E-state index contributed by atoms with van der Waals surface area (Å²) >= 11 is 0. The number of carbonyl (C=O) groups is 2. The number of hydrogen-bond acceptors (Lipinski definition) is 10. The highest BCUT2D eigenvalue weighted by Gasteiger charge is 2.44. The highest BCUT2D eigenvalue weighted by atomic mass is 16.7. The summed E-state index contributed by atoms with van der Waals surface area (Å²) in [6.07, 6.45) is 34.0. The molecular formula is C48H92O10. The minimum atomic E-state index is -1.59. The van der Waals surface area contributed by atoms with Crippen LogP contribution in [0.3, 0.4) is 0 Å². The van der Waals surface area contributed by atoms with E-state index in [1.807, 2.05) is 0 Å². The van der Waals surface area contributed by atoms with Gasteiger partial charge in [0, 0.05) is 12.8 Å². The summed E-state index contributed by atoms with van der Waals surface area (Å²) < 4.78 is 22.2. The third-order valence-electron chi connectivity index (χ3n) is 11.7. The zero-order valence-corrected chi connectivity index (χ0v) is 37.6. The molecule has 0 aromatic carbocycles. The minimum absolute atomic E-state index is 0.209. The average Bonchev–Trinajstić information content (AvgIpc) is 3.22. The van der Waals surface area contributed by atoms with Gasteiger partial charge in [-0.1, -0.05) is 213 Å². The number of rotatable bonds is 42. The lowest BCUT2D eigenvalue weighted by atomic mass is 9.99. The van der Waals surface area contributed by atoms with Crippen molar-refractivity contribution >= 4 is 11.9 Å². The highest BCUT2D eigenvalue weighted by Crippen LogP contribution is 2.23. The monoisotopic (exact) mass is 829 g/mol. The first-order chi connectivity index (χ1) is 28.3. The summed E-state index contributed by atoms with van der Waals surface area (Å²) in [6, 6.07) is 0. The molecule has 1 aliphatic heterocycles. The molecule has 0 bridgehead atoms. The molecule has 1 saturated heterocycles. The van der Waals surface area contributed by atoms with Gasteiger partial charge in [-0.15, -0.1) is 0 Å². The molecule has 1 rings (SSSR count). The number of ether oxygens (including phenoxy) is 4. The van der Waals surface area contributed by atoms with Gasteiger partial charge in [0.1, 0.15) is 31.0 Å². The summed E-state index contributed by atoms with van der Waals surface area (Å²) in [5.41, 5.74) is 0. The molecule has 1 heterocycles. The fourth-order valence-electron chi connectivity index (χ4n) is 7.84. The summed E-state index contributed by atoms with van der Waals surface area (Å²) in [6.45, 7) is 3.46. The van der Waals surface area contributed by atoms with Gasteiger partial charge in [0.05, 0.1) is 13.2 Å². The van der Waals surface area contributed by atoms with Crippen LogP contribution in [0.1, 0.15) is 239 Å². The molecule has 10 nitrogen and oxygen atoms in total. The van der Waals surface area contributed by atoms with Gasteiger partial charge in [-0.25, -0.2) is 0 Å². The Hall–Kier alpha value is -1.30. The van der Waals surface area contributed by atoms with Gasteiger partial charge in [0.25, 0.3) is 0 Å². The largest absolute Gasteiger partial charge is 0.462 e. The Morgan fingerprint density at radius 2 is 0.810 bits per heavy atom. The first-order valence-electron chi connectivity index (χ1n) is 24.6. The van der Waals surface area contributed by atoms with Crippen LogP contribution in [0, 0.1) is 0 Å². The molecule has 0 saturated carbocycles. The maximum Gasteiger partial charge on any atom is 0.306 e. The number of unbranched alkanes of at least 4 members (excludes halogenated alkanes) is 31. The van der Waals surface area contributed by atoms with Crippen LogP contribution in [0.25, 0.3) is 0 Å². The van der Waals surface area contributed by atoms with Gasteiger partial charge in [-0.3, -0.25) is 9.59 Å². The smallest absolute Gasteiger partial charge is 0.306 e. The molecule has 0 aromatic rings. The number of aliphatic hydroxyl groups excluding tert-OH is 4. The molecule has 10 heteroatoms. The molecule has 0 spiro atoms. The fourth-order valence-corrected chi connectivity index (χ4v) is 7.84. The van der Waals surface area contributed by atoms with E-state index in [0.29, 0.717) is 6.42 Å². The van der Waals surface area contributed by atoms with Crippen LogP contribution in [0.4, 0.5) is 0 Å². The quantitative estimate of drug-likeness (QED) is 0.0346. The number of carbonyl (C=O) groups excluding carboxylic acids is 2. The molecule has 0 aliphatic carbocycles. The molecule has 0 aromatic heterocycles. The molecule has 4 N–H and O–H groups in total. The van der Waals surface area contributed by atoms with Gasteiger partial charge in [0.2, 0.25) is 0 Å². The van der Waals surface area contributed by atoms with Crippen LogP contribution < -0.4 is 0 Å². The Bertz CT molecular complexity index is 917. The zero-order chi connectivity index (χ0) is 42.3. The maximum absolute atomic E-state index is 12.8. The van der Waals surface area contributed by atoms with Crippen LogP contribution >= 0.6 is 0 Å². The van der Waals surface area contributed by atoms with Crippen molar-refractivity contribution in [2.75, 3.05) is 19.8 Å². The van der Waals surface area contributed by atoms with Crippen molar-refractivity contribution < 1.29 is 49.0 Å². The SMILES string of the molecule is CCCCCCCCCCCCCCCCCCCCCCCC(=O)OC[C@@H](CO[C@H]1O[C@@H](CO)[C@@H](O)C(O)C1O)OC(=O)CCCCCCCCCCCCCC. The van der Waals surface area contributed by atoms with Crippen LogP contribution in [-0.4, -0.2) is 89.0 Å². The number of hydrogen-bond donors (Lipinski definition) is 4. The maximum atomic E-state index is 12.8. The van der Waals surface area contributed by atoms with E-state index in [9.17, 15) is 30.0 Å². The van der Waals surface area contributed by atoms with Gasteiger partial charge in [-0.2, -0.15) is 0 Å². The third kappa shape index (κ3) is 30.7. The average molecular weight is 829 g/mol. The van der Waals surface area contributed by atoms with Gasteiger partial charge < -0.3 is 39.4 Å². The van der Waals surface area contributed by atoms with E-state index in [2.05, 4.69) is 13.8 Å². The van der Waals surface area contributed by atoms with Gasteiger partial charge in [-0.05, 0) is 12.8 Å². The standard InChI is InChI=1S/C48H92O10/c1-3-5-7-9-11-13-15-17-18-19-20-21-22-23-24-25-27-28-30-32-34-36-43(50)55-39-41(40-56-48-47(54)46(53)45(52)42(38-49)58-48)57-44(51)37-35-33-31-29-26-16-14-12-10-8-6-4-2/h41-42,45-49,52-54H,3-40H2,1-2H3/t41-,42-,45+,46?,47?,48-/m0/s1. The number of aliphatic hydroxyl groups is 4. The van der Waals surface area contributed by atoms with E-state index in [1.165, 1.54) is 167 Å². The molecule has 6 atom stereocenters. The zero-order valence-electron chi connectivity index (χ0n) is 37.6. The van der Waals surface area contributed by atoms with Crippen LogP contribution in [0.2, 0.25) is 0 Å². The Morgan fingerprint density at radius 1 is 0.466 bits per heavy atom. The van der Waals surface area contributed by atoms with Crippen molar-refractivity contribution in [3.63, 3.8) is 0 Å². The molecule has 0 radical (unpaired) electrons. The topological polar surface area (TPSA) is 152 Å². The number of esters is 2. The molecule has 58 heavy (non-hydrogen) atoms. The Labute approximate surface area is 355 Å². The molecule has 2 unspecified atom stereocenters. The first-order valence-corrected chi connectivity index (χ1v) is 24.6. The van der Waals surface area contributed by atoms with Crippen molar-refractivity contribution in [3.8, 4) is 0 Å². The normalized spacial score (nSPS) is 20.0. The van der Waals surface area contributed by atoms with Crippen molar-refractivity contribution in [2.45, 2.75) is 275 Å². The van der Waals surface area contributed by atoms with E-state index < -0.39 is 49.4 Å². The lowest BCUT2D eigenvalue weighted by Gasteiger charge is -2.39. The third-order valence-corrected chi connectivity index (χ3v) is 11.7. The van der Waals surface area contributed by atoms with E-state index in [1.54, 1.807) is 0 Å². The molecule has 344 valence electrons. The molecule has 0 amide bonds. The lowest BCUT2D eigenvalue weighted by Crippen LogP contribution is -2.59. The van der Waals surface area contributed by atoms with Crippen molar-refractivity contribution in [2.24, 2.45) is 0 Å². The predicted octanol–water partition coefficient (Wildman–Crippen LogP) is 11.0. The Morgan fingerprint density at radius 3 is 1.17 bits per heavy atom. The summed E-state index contributed by atoms with van der Waals surface area (Å²) in [5, 5.41) is 40.1. The predicted molar refractivity (Wildman–Crippen MR) is 234 cm³/mol. The van der Waals surface area contributed by atoms with Crippen molar-refractivity contribution in [1.29, 1.82) is 0 Å². The van der Waals surface area contributed by atoms with Gasteiger partial charge >= 0.3 is 11.9 Å². The lowest BCUT2D eigenvalue weighted by molar-refractivity contribution is -0.305. The first kappa shape index (κ1) is 54.7. The minimum Gasteiger partial charge on any atom is -0.462 e. The van der Waals surface area contributed by atoms with E-state index in [0.717, 1.165) is 38.5 Å². The molecule has 1 aliphatic rings. The van der Waals surface area contributed by atoms with Crippen LogP contribution in [0.15, 0.2) is 0 Å². The van der Waals surface area contributed by atoms with Crippen LogP contribution in [-0.2, 0) is 28.5 Å². The summed E-state index contributed by atoms with van der Waals surface area (Å²) in [4.78, 5) is 25.4. The van der Waals surface area contributed by atoms with Gasteiger partial charge in [0.15, 0.2) is 12.4 Å². The highest BCUT2D eigenvalue weighted by molar-refractivity contribution is 5.70. The second-order valence-corrected chi connectivity index (χ2v) is 17.3. The van der Waals surface area contributed by atoms with E-state index in [-0.39, 0.29) is 32.0 Å². The second kappa shape index (κ2) is 39.8. The Balaban J connectivity index is 2.22. The van der Waals surface area contributed by atoms with E-state index >= 15 is 0 Å². The Kier molecular flexibility index (Phi) is 37.6. The van der Waals surface area contributed by atoms with Crippen LogP contribution in [0.5, 0.6) is 0 Å².